The standard InChI is InChI=1S/C9H16N2O2/c1-7(5-10)8(12)11(4)6-9(2,3)13/h7,13H,6H2,1-4H3. The largest absolute Gasteiger partial charge is 0.389 e. The van der Waals surface area contributed by atoms with Crippen LogP contribution in [0.2, 0.25) is 0 Å². The van der Waals surface area contributed by atoms with E-state index in [0.29, 0.717) is 0 Å². The number of carbonyl (C=O) groups is 1. The van der Waals surface area contributed by atoms with Crippen LogP contribution in [0.25, 0.3) is 0 Å². The molecule has 0 radical (unpaired) electrons. The van der Waals surface area contributed by atoms with E-state index >= 15 is 0 Å². The molecule has 0 saturated carbocycles. The normalized spacial score (nSPS) is 13.2. The van der Waals surface area contributed by atoms with Crippen LogP contribution in [-0.2, 0) is 4.79 Å². The molecule has 0 aliphatic rings. The highest BCUT2D eigenvalue weighted by Gasteiger charge is 2.22. The van der Waals surface area contributed by atoms with Gasteiger partial charge in [0.05, 0.1) is 11.7 Å². The minimum Gasteiger partial charge on any atom is -0.389 e. The van der Waals surface area contributed by atoms with Crippen LogP contribution in [0.1, 0.15) is 20.8 Å². The molecule has 0 bridgehead atoms. The third-order valence-electron chi connectivity index (χ3n) is 1.56. The van der Waals surface area contributed by atoms with Crippen molar-refractivity contribution in [2.24, 2.45) is 5.92 Å². The summed E-state index contributed by atoms with van der Waals surface area (Å²) >= 11 is 0. The Morgan fingerprint density at radius 3 is 2.46 bits per heavy atom. The van der Waals surface area contributed by atoms with E-state index in [2.05, 4.69) is 0 Å². The van der Waals surface area contributed by atoms with Crippen molar-refractivity contribution in [3.8, 4) is 6.07 Å². The third kappa shape index (κ3) is 4.48. The van der Waals surface area contributed by atoms with Gasteiger partial charge >= 0.3 is 0 Å². The highest BCUT2D eigenvalue weighted by Crippen LogP contribution is 2.06. The second kappa shape index (κ2) is 4.24. The number of aliphatic hydroxyl groups is 1. The van der Waals surface area contributed by atoms with Crippen molar-refractivity contribution in [2.75, 3.05) is 13.6 Å². The quantitative estimate of drug-likeness (QED) is 0.689. The van der Waals surface area contributed by atoms with Crippen LogP contribution >= 0.6 is 0 Å². The summed E-state index contributed by atoms with van der Waals surface area (Å²) < 4.78 is 0. The first-order chi connectivity index (χ1) is 5.78. The molecule has 0 rings (SSSR count). The Balaban J connectivity index is 4.22. The Bertz CT molecular complexity index is 225. The fourth-order valence-corrected chi connectivity index (χ4v) is 1.04. The van der Waals surface area contributed by atoms with Crippen LogP contribution in [0.4, 0.5) is 0 Å². The predicted octanol–water partition coefficient (Wildman–Crippen LogP) is 0.375. The zero-order valence-corrected chi connectivity index (χ0v) is 8.53. The molecular formula is C9H16N2O2. The maximum absolute atomic E-state index is 11.3. The summed E-state index contributed by atoms with van der Waals surface area (Å²) in [6.07, 6.45) is 0. The average Bonchev–Trinajstić information content (AvgIpc) is 1.98. The van der Waals surface area contributed by atoms with Gasteiger partial charge in [-0.15, -0.1) is 0 Å². The summed E-state index contributed by atoms with van der Waals surface area (Å²) in [6, 6.07) is 1.86. The van der Waals surface area contributed by atoms with Crippen molar-refractivity contribution in [3.05, 3.63) is 0 Å². The molecule has 0 aliphatic carbocycles. The maximum atomic E-state index is 11.3. The lowest BCUT2D eigenvalue weighted by Gasteiger charge is -2.26. The molecule has 0 fully saturated rings. The first-order valence-electron chi connectivity index (χ1n) is 4.15. The van der Waals surface area contributed by atoms with Crippen LogP contribution in [-0.4, -0.2) is 35.1 Å². The molecule has 1 amide bonds. The van der Waals surface area contributed by atoms with Gasteiger partial charge in [0.25, 0.3) is 0 Å². The number of hydrogen-bond donors (Lipinski definition) is 1. The van der Waals surface area contributed by atoms with Gasteiger partial charge in [-0.05, 0) is 20.8 Å². The van der Waals surface area contributed by atoms with E-state index in [1.807, 2.05) is 6.07 Å². The number of carbonyl (C=O) groups excluding carboxylic acids is 1. The fraction of sp³-hybridized carbons (Fsp3) is 0.778. The zero-order chi connectivity index (χ0) is 10.6. The third-order valence-corrected chi connectivity index (χ3v) is 1.56. The Morgan fingerprint density at radius 2 is 2.15 bits per heavy atom. The van der Waals surface area contributed by atoms with Crippen molar-refractivity contribution in [1.29, 1.82) is 5.26 Å². The molecule has 1 unspecified atom stereocenters. The molecule has 1 atom stereocenters. The lowest BCUT2D eigenvalue weighted by molar-refractivity contribution is -0.134. The lowest BCUT2D eigenvalue weighted by Crippen LogP contribution is -2.41. The smallest absolute Gasteiger partial charge is 0.239 e. The van der Waals surface area contributed by atoms with Gasteiger partial charge in [0.15, 0.2) is 0 Å². The van der Waals surface area contributed by atoms with Crippen LogP contribution in [0.3, 0.4) is 0 Å². The van der Waals surface area contributed by atoms with Crippen molar-refractivity contribution in [1.82, 2.24) is 4.90 Å². The molecule has 0 aromatic carbocycles. The molecule has 4 heteroatoms. The lowest BCUT2D eigenvalue weighted by atomic mass is 10.1. The van der Waals surface area contributed by atoms with E-state index in [0.717, 1.165) is 0 Å². The molecule has 0 aromatic heterocycles. The number of nitrogens with zero attached hydrogens (tertiary/aromatic N) is 2. The van der Waals surface area contributed by atoms with Gasteiger partial charge in [-0.3, -0.25) is 4.79 Å². The Labute approximate surface area is 78.8 Å². The molecule has 74 valence electrons. The van der Waals surface area contributed by atoms with Gasteiger partial charge in [-0.2, -0.15) is 5.26 Å². The molecule has 1 N–H and O–H groups in total. The molecule has 4 nitrogen and oxygen atoms in total. The van der Waals surface area contributed by atoms with Gasteiger partial charge < -0.3 is 10.0 Å². The topological polar surface area (TPSA) is 64.3 Å². The van der Waals surface area contributed by atoms with Crippen molar-refractivity contribution in [2.45, 2.75) is 26.4 Å². The average molecular weight is 184 g/mol. The number of rotatable bonds is 3. The molecule has 0 saturated heterocycles. The summed E-state index contributed by atoms with van der Waals surface area (Å²) in [6.45, 7) is 5.02. The summed E-state index contributed by atoms with van der Waals surface area (Å²) in [4.78, 5) is 12.7. The predicted molar refractivity (Wildman–Crippen MR) is 48.7 cm³/mol. The summed E-state index contributed by atoms with van der Waals surface area (Å²) in [7, 11) is 1.58. The molecular weight excluding hydrogens is 168 g/mol. The number of nitriles is 1. The van der Waals surface area contributed by atoms with Gasteiger partial charge in [-0.1, -0.05) is 0 Å². The maximum Gasteiger partial charge on any atom is 0.239 e. The summed E-state index contributed by atoms with van der Waals surface area (Å²) in [5.74, 6) is -0.906. The van der Waals surface area contributed by atoms with Gasteiger partial charge in [0.1, 0.15) is 5.92 Å². The monoisotopic (exact) mass is 184 g/mol. The molecule has 0 aromatic rings. The van der Waals surface area contributed by atoms with Crippen LogP contribution in [0.15, 0.2) is 0 Å². The second-order valence-electron chi connectivity index (χ2n) is 3.86. The fourth-order valence-electron chi connectivity index (χ4n) is 1.04. The van der Waals surface area contributed by atoms with E-state index in [1.54, 1.807) is 27.8 Å². The second-order valence-corrected chi connectivity index (χ2v) is 3.86. The Morgan fingerprint density at radius 1 is 1.69 bits per heavy atom. The minimum absolute atomic E-state index is 0.234. The SMILES string of the molecule is CC(C#N)C(=O)N(C)CC(C)(C)O. The van der Waals surface area contributed by atoms with E-state index in [-0.39, 0.29) is 12.5 Å². The van der Waals surface area contributed by atoms with Crippen molar-refractivity contribution in [3.63, 3.8) is 0 Å². The highest BCUT2D eigenvalue weighted by molar-refractivity contribution is 5.80. The molecule has 0 heterocycles. The molecule has 13 heavy (non-hydrogen) atoms. The van der Waals surface area contributed by atoms with Crippen molar-refractivity contribution >= 4 is 5.91 Å². The van der Waals surface area contributed by atoms with Gasteiger partial charge in [-0.25, -0.2) is 0 Å². The van der Waals surface area contributed by atoms with Crippen molar-refractivity contribution < 1.29 is 9.90 Å². The summed E-state index contributed by atoms with van der Waals surface area (Å²) in [5, 5.41) is 17.9. The van der Waals surface area contributed by atoms with Crippen LogP contribution < -0.4 is 0 Å². The highest BCUT2D eigenvalue weighted by atomic mass is 16.3. The molecule has 0 spiro atoms. The number of amides is 1. The zero-order valence-electron chi connectivity index (χ0n) is 8.53. The van der Waals surface area contributed by atoms with Gasteiger partial charge in [0, 0.05) is 13.6 Å². The van der Waals surface area contributed by atoms with E-state index in [1.165, 1.54) is 4.90 Å². The van der Waals surface area contributed by atoms with Crippen LogP contribution in [0.5, 0.6) is 0 Å². The van der Waals surface area contributed by atoms with Crippen LogP contribution in [0, 0.1) is 17.2 Å². The summed E-state index contributed by atoms with van der Waals surface area (Å²) in [5.41, 5.74) is -0.917. The first-order valence-corrected chi connectivity index (χ1v) is 4.15. The Kier molecular flexibility index (Phi) is 3.89. The van der Waals surface area contributed by atoms with E-state index in [4.69, 9.17) is 5.26 Å². The van der Waals surface area contributed by atoms with E-state index < -0.39 is 11.5 Å². The Hall–Kier alpha value is -1.08. The minimum atomic E-state index is -0.917. The number of hydrogen-bond acceptors (Lipinski definition) is 3. The molecule has 0 aliphatic heterocycles. The van der Waals surface area contributed by atoms with E-state index in [9.17, 15) is 9.90 Å². The first kappa shape index (κ1) is 11.9. The van der Waals surface area contributed by atoms with Gasteiger partial charge in [0.2, 0.25) is 5.91 Å². The number of likely N-dealkylation sites (N-methyl/N-ethyl adjacent to an activating group) is 1.